The van der Waals surface area contributed by atoms with Gasteiger partial charge in [-0.3, -0.25) is 0 Å². The first-order valence-corrected chi connectivity index (χ1v) is 14.3. The molecule has 2 amide bonds. The molecule has 6 rings (SSSR count). The van der Waals surface area contributed by atoms with Crippen LogP contribution in [-0.2, 0) is 17.6 Å². The fourth-order valence-electron chi connectivity index (χ4n) is 6.41. The highest BCUT2D eigenvalue weighted by Crippen LogP contribution is 2.42. The number of urea groups is 1. The Morgan fingerprint density at radius 1 is 1.03 bits per heavy atom. The van der Waals surface area contributed by atoms with Gasteiger partial charge in [-0.15, -0.1) is 0 Å². The number of ether oxygens (including phenoxy) is 4. The third-order valence-corrected chi connectivity index (χ3v) is 8.57. The minimum Gasteiger partial charge on any atom is -0.497 e. The van der Waals surface area contributed by atoms with E-state index in [1.807, 2.05) is 11.0 Å². The molecule has 0 bridgehead atoms. The Labute approximate surface area is 230 Å². The van der Waals surface area contributed by atoms with Crippen LogP contribution < -0.4 is 14.2 Å². The van der Waals surface area contributed by atoms with Gasteiger partial charge in [0.05, 0.1) is 39.6 Å². The number of nitrogens with one attached hydrogen (secondary N) is 1. The van der Waals surface area contributed by atoms with E-state index in [1.165, 1.54) is 24.0 Å². The van der Waals surface area contributed by atoms with E-state index in [0.29, 0.717) is 32.8 Å². The minimum absolute atomic E-state index is 0.0610. The van der Waals surface area contributed by atoms with Gasteiger partial charge in [-0.2, -0.15) is 0 Å². The number of rotatable bonds is 7. The zero-order valence-corrected chi connectivity index (χ0v) is 23.0. The zero-order valence-electron chi connectivity index (χ0n) is 23.0. The lowest BCUT2D eigenvalue weighted by molar-refractivity contribution is 0.0376. The number of nitrogens with zero attached hydrogens (tertiary/aromatic N) is 2. The van der Waals surface area contributed by atoms with Crippen LogP contribution in [0.3, 0.4) is 0 Å². The quantitative estimate of drug-likeness (QED) is 0.435. The van der Waals surface area contributed by atoms with Gasteiger partial charge in [0.15, 0.2) is 11.5 Å². The topological polar surface area (TPSA) is 76.3 Å². The summed E-state index contributed by atoms with van der Waals surface area (Å²) in [6.45, 7) is 3.13. The van der Waals surface area contributed by atoms with Crippen LogP contribution in [0.5, 0.6) is 17.2 Å². The Hall–Kier alpha value is -3.39. The molecule has 1 saturated carbocycles. The van der Waals surface area contributed by atoms with Crippen LogP contribution in [0.1, 0.15) is 54.8 Å². The van der Waals surface area contributed by atoms with Crippen molar-refractivity contribution in [1.29, 1.82) is 0 Å². The average Bonchev–Trinajstić information content (AvgIpc) is 3.65. The Morgan fingerprint density at radius 3 is 2.62 bits per heavy atom. The Balaban J connectivity index is 1.32. The molecule has 1 aromatic heterocycles. The van der Waals surface area contributed by atoms with Crippen LogP contribution >= 0.6 is 0 Å². The number of aromatic nitrogens is 1. The maximum Gasteiger partial charge on any atom is 0.320 e. The van der Waals surface area contributed by atoms with E-state index in [-0.39, 0.29) is 18.2 Å². The average molecular weight is 534 g/mol. The second-order valence-electron chi connectivity index (χ2n) is 10.8. The van der Waals surface area contributed by atoms with Gasteiger partial charge in [0.2, 0.25) is 0 Å². The summed E-state index contributed by atoms with van der Waals surface area (Å²) in [6.07, 6.45) is 9.41. The number of hydrogen-bond donors (Lipinski definition) is 1. The molecular formula is C31H39N3O5. The molecule has 8 nitrogen and oxygen atoms in total. The standard InChI is InChI=1S/C31H39N3O5/c1-36-24-8-9-27-25(18-24)22(20-32-27)7-10-28-26-19-29(37-2)30(39-23-5-3-4-6-23)17-21(26)11-12-34(28)31(35)33-13-15-38-16-14-33/h8-9,17-20,23,28,32H,3-7,10-16H2,1-2H3. The highest BCUT2D eigenvalue weighted by molar-refractivity contribution is 5.84. The number of fused-ring (bicyclic) bond motifs is 2. The van der Waals surface area contributed by atoms with Crippen molar-refractivity contribution >= 4 is 16.9 Å². The molecule has 39 heavy (non-hydrogen) atoms. The van der Waals surface area contributed by atoms with E-state index >= 15 is 0 Å². The number of H-pyrrole nitrogens is 1. The SMILES string of the molecule is COc1ccc2[nH]cc(CCC3c4cc(OC)c(OC5CCCC5)cc4CCN3C(=O)N3CCOCC3)c2c1. The lowest BCUT2D eigenvalue weighted by atomic mass is 9.88. The molecule has 0 spiro atoms. The molecule has 2 aliphatic heterocycles. The van der Waals surface area contributed by atoms with Gasteiger partial charge >= 0.3 is 6.03 Å². The molecule has 0 radical (unpaired) electrons. The van der Waals surface area contributed by atoms with Crippen molar-refractivity contribution in [1.82, 2.24) is 14.8 Å². The fraction of sp³-hybridized carbons (Fsp3) is 0.516. The first-order chi connectivity index (χ1) is 19.1. The number of carbonyl (C=O) groups excluding carboxylic acids is 1. The molecule has 1 saturated heterocycles. The van der Waals surface area contributed by atoms with Crippen LogP contribution in [-0.4, -0.2) is 74.0 Å². The molecule has 208 valence electrons. The van der Waals surface area contributed by atoms with E-state index in [0.717, 1.165) is 65.8 Å². The minimum atomic E-state index is -0.0610. The van der Waals surface area contributed by atoms with E-state index in [4.69, 9.17) is 18.9 Å². The number of methoxy groups -OCH3 is 2. The summed E-state index contributed by atoms with van der Waals surface area (Å²) in [5, 5.41) is 1.16. The van der Waals surface area contributed by atoms with Crippen molar-refractivity contribution in [2.24, 2.45) is 0 Å². The third-order valence-electron chi connectivity index (χ3n) is 8.57. The van der Waals surface area contributed by atoms with Gasteiger partial charge in [0.1, 0.15) is 5.75 Å². The number of hydrogen-bond acceptors (Lipinski definition) is 5. The number of amides is 2. The van der Waals surface area contributed by atoms with E-state index in [9.17, 15) is 4.79 Å². The molecule has 1 N–H and O–H groups in total. The molecule has 3 heterocycles. The fourth-order valence-corrected chi connectivity index (χ4v) is 6.41. The summed E-state index contributed by atoms with van der Waals surface area (Å²) in [6, 6.07) is 10.4. The second kappa shape index (κ2) is 11.4. The van der Waals surface area contributed by atoms with Gasteiger partial charge in [0, 0.05) is 36.7 Å². The largest absolute Gasteiger partial charge is 0.497 e. The highest BCUT2D eigenvalue weighted by atomic mass is 16.5. The predicted molar refractivity (Wildman–Crippen MR) is 150 cm³/mol. The number of morpholine rings is 1. The zero-order chi connectivity index (χ0) is 26.8. The van der Waals surface area contributed by atoms with Crippen LogP contribution in [0.4, 0.5) is 4.79 Å². The Morgan fingerprint density at radius 2 is 1.85 bits per heavy atom. The first kappa shape index (κ1) is 25.9. The summed E-state index contributed by atoms with van der Waals surface area (Å²) < 4.78 is 23.3. The van der Waals surface area contributed by atoms with Gasteiger partial charge in [-0.1, -0.05) is 0 Å². The van der Waals surface area contributed by atoms with Crippen molar-refractivity contribution < 1.29 is 23.7 Å². The molecular weight excluding hydrogens is 494 g/mol. The van der Waals surface area contributed by atoms with Crippen LogP contribution in [0.2, 0.25) is 0 Å². The van der Waals surface area contributed by atoms with Crippen molar-refractivity contribution in [3.8, 4) is 17.2 Å². The summed E-state index contributed by atoms with van der Waals surface area (Å²) >= 11 is 0. The van der Waals surface area contributed by atoms with E-state index in [2.05, 4.69) is 40.3 Å². The van der Waals surface area contributed by atoms with Crippen molar-refractivity contribution in [2.45, 2.75) is 57.1 Å². The summed E-state index contributed by atoms with van der Waals surface area (Å²) in [5.41, 5.74) is 4.73. The smallest absolute Gasteiger partial charge is 0.320 e. The number of aromatic amines is 1. The summed E-state index contributed by atoms with van der Waals surface area (Å²) in [4.78, 5) is 21.2. The number of aryl methyl sites for hydroxylation is 1. The van der Waals surface area contributed by atoms with Crippen LogP contribution in [0.15, 0.2) is 36.5 Å². The van der Waals surface area contributed by atoms with Gasteiger partial charge in [0.25, 0.3) is 0 Å². The first-order valence-electron chi connectivity index (χ1n) is 14.3. The third kappa shape index (κ3) is 5.26. The lowest BCUT2D eigenvalue weighted by Gasteiger charge is -2.41. The van der Waals surface area contributed by atoms with E-state index < -0.39 is 0 Å². The van der Waals surface area contributed by atoms with Crippen LogP contribution in [0, 0.1) is 0 Å². The van der Waals surface area contributed by atoms with Gasteiger partial charge in [-0.25, -0.2) is 4.79 Å². The molecule has 3 aliphatic rings. The highest BCUT2D eigenvalue weighted by Gasteiger charge is 2.35. The second-order valence-corrected chi connectivity index (χ2v) is 10.8. The maximum atomic E-state index is 13.8. The van der Waals surface area contributed by atoms with Crippen molar-refractivity contribution in [3.63, 3.8) is 0 Å². The van der Waals surface area contributed by atoms with Gasteiger partial charge < -0.3 is 33.7 Å². The number of benzene rings is 2. The molecule has 1 atom stereocenters. The number of carbonyl (C=O) groups is 1. The normalized spacial score (nSPS) is 19.8. The molecule has 1 aliphatic carbocycles. The van der Waals surface area contributed by atoms with Crippen molar-refractivity contribution in [2.75, 3.05) is 47.1 Å². The maximum absolute atomic E-state index is 13.8. The van der Waals surface area contributed by atoms with Crippen LogP contribution in [0.25, 0.3) is 10.9 Å². The van der Waals surface area contributed by atoms with E-state index in [1.54, 1.807) is 14.2 Å². The van der Waals surface area contributed by atoms with Crippen molar-refractivity contribution in [3.05, 3.63) is 53.2 Å². The predicted octanol–water partition coefficient (Wildman–Crippen LogP) is 5.49. The lowest BCUT2D eigenvalue weighted by Crippen LogP contribution is -2.51. The summed E-state index contributed by atoms with van der Waals surface area (Å²) in [5.74, 6) is 2.43. The Bertz CT molecular complexity index is 1310. The monoisotopic (exact) mass is 533 g/mol. The molecule has 8 heteroatoms. The summed E-state index contributed by atoms with van der Waals surface area (Å²) in [7, 11) is 3.40. The molecule has 1 unspecified atom stereocenters. The molecule has 2 aromatic carbocycles. The van der Waals surface area contributed by atoms with Gasteiger partial charge in [-0.05, 0) is 92.0 Å². The molecule has 3 aromatic rings. The molecule has 2 fully saturated rings. The Kier molecular flexibility index (Phi) is 7.55.